The van der Waals surface area contributed by atoms with Gasteiger partial charge in [-0.2, -0.15) is 0 Å². The molecule has 0 radical (unpaired) electrons. The first-order valence-electron chi connectivity index (χ1n) is 6.76. The molecule has 1 heterocycles. The van der Waals surface area contributed by atoms with Gasteiger partial charge in [-0.3, -0.25) is 14.5 Å². The molecule has 23 heavy (non-hydrogen) atoms. The van der Waals surface area contributed by atoms with Crippen LogP contribution in [0.1, 0.15) is 6.42 Å². The number of carbonyl (C=O) groups is 2. The van der Waals surface area contributed by atoms with Gasteiger partial charge in [-0.05, 0) is 25.6 Å². The lowest BCUT2D eigenvalue weighted by Gasteiger charge is -2.22. The Labute approximate surface area is 130 Å². The van der Waals surface area contributed by atoms with E-state index in [1.807, 2.05) is 0 Å². The summed E-state index contributed by atoms with van der Waals surface area (Å²) < 4.78 is 40.6. The maximum atomic E-state index is 12.4. The monoisotopic (exact) mass is 332 g/mol. The highest BCUT2D eigenvalue weighted by molar-refractivity contribution is 5.99. The summed E-state index contributed by atoms with van der Waals surface area (Å²) in [5.41, 5.74) is 0.281. The van der Waals surface area contributed by atoms with E-state index in [-0.39, 0.29) is 18.1 Å². The highest BCUT2D eigenvalue weighted by atomic mass is 19.4. The Morgan fingerprint density at radius 2 is 2.17 bits per heavy atom. The summed E-state index contributed by atoms with van der Waals surface area (Å²) >= 11 is 0. The van der Waals surface area contributed by atoms with Crippen LogP contribution >= 0.6 is 0 Å². The lowest BCUT2D eigenvalue weighted by Crippen LogP contribution is -2.42. The van der Waals surface area contributed by atoms with Crippen molar-refractivity contribution in [2.24, 2.45) is 0 Å². The van der Waals surface area contributed by atoms with Gasteiger partial charge < -0.3 is 14.7 Å². The fourth-order valence-electron chi connectivity index (χ4n) is 2.50. The zero-order valence-electron chi connectivity index (χ0n) is 12.2. The molecule has 0 spiro atoms. The minimum absolute atomic E-state index is 0.281. The highest BCUT2D eigenvalue weighted by Crippen LogP contribution is 2.29. The molecule has 0 saturated carbocycles. The van der Waals surface area contributed by atoms with Crippen LogP contribution in [0.5, 0.6) is 5.75 Å². The minimum atomic E-state index is -4.81. The molecule has 1 N–H and O–H groups in total. The van der Waals surface area contributed by atoms with Gasteiger partial charge in [-0.25, -0.2) is 0 Å². The molecule has 1 aromatic rings. The van der Waals surface area contributed by atoms with Crippen molar-refractivity contribution in [2.45, 2.75) is 18.8 Å². The molecule has 0 aromatic heterocycles. The normalized spacial score (nSPS) is 18.6. The lowest BCUT2D eigenvalue weighted by atomic mass is 10.2. The van der Waals surface area contributed by atoms with Crippen LogP contribution in [0.2, 0.25) is 0 Å². The molecule has 1 aliphatic rings. The van der Waals surface area contributed by atoms with Crippen molar-refractivity contribution in [2.75, 3.05) is 25.0 Å². The molecule has 1 atom stereocenters. The standard InChI is InChI=1S/C14H15F3N2O4/c1-18(8-12(20)21)11-5-6-19(13(11)22)9-3-2-4-10(7-9)23-14(15,16)17/h2-4,7,11H,5-6,8H2,1H3,(H,20,21). The van der Waals surface area contributed by atoms with E-state index in [1.54, 1.807) is 0 Å². The Balaban J connectivity index is 2.13. The van der Waals surface area contributed by atoms with Crippen LogP contribution in [-0.4, -0.2) is 54.4 Å². The van der Waals surface area contributed by atoms with Gasteiger partial charge in [0.1, 0.15) is 5.75 Å². The number of amides is 1. The van der Waals surface area contributed by atoms with Gasteiger partial charge in [-0.15, -0.1) is 13.2 Å². The zero-order valence-corrected chi connectivity index (χ0v) is 12.2. The molecule has 1 saturated heterocycles. The number of anilines is 1. The lowest BCUT2D eigenvalue weighted by molar-refractivity contribution is -0.274. The molecule has 126 valence electrons. The number of rotatable bonds is 5. The van der Waals surface area contributed by atoms with E-state index in [9.17, 15) is 22.8 Å². The number of nitrogens with zero attached hydrogens (tertiary/aromatic N) is 2. The van der Waals surface area contributed by atoms with Crippen LogP contribution < -0.4 is 9.64 Å². The van der Waals surface area contributed by atoms with Gasteiger partial charge in [-0.1, -0.05) is 6.07 Å². The van der Waals surface area contributed by atoms with E-state index < -0.39 is 24.1 Å². The fraction of sp³-hybridized carbons (Fsp3) is 0.429. The van der Waals surface area contributed by atoms with Crippen LogP contribution in [0.4, 0.5) is 18.9 Å². The van der Waals surface area contributed by atoms with Crippen molar-refractivity contribution in [1.82, 2.24) is 4.90 Å². The first-order valence-corrected chi connectivity index (χ1v) is 6.76. The molecule has 1 aromatic carbocycles. The third-order valence-electron chi connectivity index (χ3n) is 3.46. The highest BCUT2D eigenvalue weighted by Gasteiger charge is 2.36. The second-order valence-electron chi connectivity index (χ2n) is 5.15. The minimum Gasteiger partial charge on any atom is -0.480 e. The summed E-state index contributed by atoms with van der Waals surface area (Å²) in [6.45, 7) is 0.00437. The first kappa shape index (κ1) is 17.1. The Kier molecular flexibility index (Phi) is 4.79. The van der Waals surface area contributed by atoms with Crippen molar-refractivity contribution in [3.63, 3.8) is 0 Å². The summed E-state index contributed by atoms with van der Waals surface area (Å²) in [5.74, 6) is -1.82. The predicted molar refractivity (Wildman–Crippen MR) is 74.1 cm³/mol. The third kappa shape index (κ3) is 4.35. The smallest absolute Gasteiger partial charge is 0.480 e. The van der Waals surface area contributed by atoms with Gasteiger partial charge in [0, 0.05) is 18.3 Å². The molecule has 1 fully saturated rings. The molecule has 2 rings (SSSR count). The molecule has 9 heteroatoms. The fourth-order valence-corrected chi connectivity index (χ4v) is 2.50. The Morgan fingerprint density at radius 1 is 1.48 bits per heavy atom. The van der Waals surface area contributed by atoms with Gasteiger partial charge in [0.2, 0.25) is 5.91 Å². The first-order chi connectivity index (χ1) is 10.7. The zero-order chi connectivity index (χ0) is 17.2. The third-order valence-corrected chi connectivity index (χ3v) is 3.46. The molecule has 1 unspecified atom stereocenters. The summed E-state index contributed by atoms with van der Waals surface area (Å²) in [7, 11) is 1.52. The molecule has 6 nitrogen and oxygen atoms in total. The Morgan fingerprint density at radius 3 is 2.78 bits per heavy atom. The number of carboxylic acids is 1. The largest absolute Gasteiger partial charge is 0.573 e. The van der Waals surface area contributed by atoms with Crippen molar-refractivity contribution in [3.05, 3.63) is 24.3 Å². The number of aliphatic carboxylic acids is 1. The maximum Gasteiger partial charge on any atom is 0.573 e. The van der Waals surface area contributed by atoms with Gasteiger partial charge in [0.15, 0.2) is 0 Å². The number of ether oxygens (including phenoxy) is 1. The van der Waals surface area contributed by atoms with Gasteiger partial charge in [0.25, 0.3) is 0 Å². The van der Waals surface area contributed by atoms with Crippen molar-refractivity contribution >= 4 is 17.6 Å². The summed E-state index contributed by atoms with van der Waals surface area (Å²) in [6, 6.07) is 4.52. The molecular weight excluding hydrogens is 317 g/mol. The van der Waals surface area contributed by atoms with Crippen LogP contribution in [-0.2, 0) is 9.59 Å². The Bertz CT molecular complexity index is 606. The van der Waals surface area contributed by atoms with E-state index in [4.69, 9.17) is 5.11 Å². The van der Waals surface area contributed by atoms with Crippen molar-refractivity contribution in [3.8, 4) is 5.75 Å². The predicted octanol–water partition coefficient (Wildman–Crippen LogP) is 1.71. The Hall–Kier alpha value is -2.29. The van der Waals surface area contributed by atoms with Crippen molar-refractivity contribution in [1.29, 1.82) is 0 Å². The van der Waals surface area contributed by atoms with Crippen LogP contribution in [0.15, 0.2) is 24.3 Å². The van der Waals surface area contributed by atoms with E-state index in [2.05, 4.69) is 4.74 Å². The van der Waals surface area contributed by atoms with E-state index in [0.717, 1.165) is 12.1 Å². The average molecular weight is 332 g/mol. The van der Waals surface area contributed by atoms with Crippen LogP contribution in [0.25, 0.3) is 0 Å². The number of likely N-dealkylation sites (N-methyl/N-ethyl adjacent to an activating group) is 1. The van der Waals surface area contributed by atoms with E-state index in [0.29, 0.717) is 13.0 Å². The average Bonchev–Trinajstić information content (AvgIpc) is 2.78. The van der Waals surface area contributed by atoms with E-state index in [1.165, 1.54) is 29.0 Å². The molecule has 1 aliphatic heterocycles. The summed E-state index contributed by atoms with van der Waals surface area (Å²) in [6.07, 6.45) is -4.41. The van der Waals surface area contributed by atoms with Gasteiger partial charge in [0.05, 0.1) is 12.6 Å². The number of benzene rings is 1. The van der Waals surface area contributed by atoms with Crippen molar-refractivity contribution < 1.29 is 32.6 Å². The summed E-state index contributed by atoms with van der Waals surface area (Å²) in [4.78, 5) is 25.8. The molecule has 1 amide bonds. The van der Waals surface area contributed by atoms with Gasteiger partial charge >= 0.3 is 12.3 Å². The quantitative estimate of drug-likeness (QED) is 0.889. The SMILES string of the molecule is CN(CC(=O)O)C1CCN(c2cccc(OC(F)(F)F)c2)C1=O. The second kappa shape index (κ2) is 6.45. The number of halogens is 3. The maximum absolute atomic E-state index is 12.4. The topological polar surface area (TPSA) is 70.1 Å². The number of hydrogen-bond donors (Lipinski definition) is 1. The number of carboxylic acid groups (broad SMARTS) is 1. The van der Waals surface area contributed by atoms with E-state index >= 15 is 0 Å². The van der Waals surface area contributed by atoms with Crippen LogP contribution in [0, 0.1) is 0 Å². The number of carbonyl (C=O) groups excluding carboxylic acids is 1. The van der Waals surface area contributed by atoms with Crippen LogP contribution in [0.3, 0.4) is 0 Å². The summed E-state index contributed by atoms with van der Waals surface area (Å²) in [5, 5.41) is 8.77. The second-order valence-corrected chi connectivity index (χ2v) is 5.15. The number of alkyl halides is 3. The molecular formula is C14H15F3N2O4. The number of hydrogen-bond acceptors (Lipinski definition) is 4. The molecule has 0 bridgehead atoms. The molecule has 0 aliphatic carbocycles.